The highest BCUT2D eigenvalue weighted by molar-refractivity contribution is 6.31. The van der Waals surface area contributed by atoms with E-state index >= 15 is 0 Å². The fourth-order valence-electron chi connectivity index (χ4n) is 3.25. The topological polar surface area (TPSA) is 20.2 Å². The normalized spacial score (nSPS) is 30.8. The Labute approximate surface area is 105 Å². The van der Waals surface area contributed by atoms with Gasteiger partial charge in [0, 0.05) is 5.92 Å². The second-order valence-corrected chi connectivity index (χ2v) is 5.35. The minimum Gasteiger partial charge on any atom is -0.505 e. The maximum absolute atomic E-state index is 13.6. The standard InChI is InChI=1S/C14H14ClFO/c15-13-11(6-7-12(17)14(13)16)10-5-4-8-2-1-3-9(8)10/h4-10,17H,1-3H2. The maximum atomic E-state index is 13.6. The largest absolute Gasteiger partial charge is 0.505 e. The molecule has 1 aromatic carbocycles. The van der Waals surface area contributed by atoms with Gasteiger partial charge in [-0.25, -0.2) is 4.39 Å². The summed E-state index contributed by atoms with van der Waals surface area (Å²) >= 11 is 6.00. The van der Waals surface area contributed by atoms with Crippen molar-refractivity contribution < 1.29 is 9.50 Å². The zero-order valence-corrected chi connectivity index (χ0v) is 10.1. The first-order valence-corrected chi connectivity index (χ1v) is 6.41. The van der Waals surface area contributed by atoms with Crippen molar-refractivity contribution in [2.24, 2.45) is 11.8 Å². The van der Waals surface area contributed by atoms with E-state index in [-0.39, 0.29) is 16.7 Å². The Kier molecular flexibility index (Phi) is 2.62. The first-order chi connectivity index (χ1) is 8.18. The average Bonchev–Trinajstić information content (AvgIpc) is 2.89. The summed E-state index contributed by atoms with van der Waals surface area (Å²) in [5.41, 5.74) is 0.813. The molecule has 90 valence electrons. The lowest BCUT2D eigenvalue weighted by Gasteiger charge is -2.20. The molecule has 1 nitrogen and oxygen atoms in total. The Balaban J connectivity index is 2.00. The van der Waals surface area contributed by atoms with Crippen LogP contribution in [0.4, 0.5) is 4.39 Å². The first-order valence-electron chi connectivity index (χ1n) is 6.03. The number of aromatic hydroxyl groups is 1. The van der Waals surface area contributed by atoms with Crippen molar-refractivity contribution in [1.82, 2.24) is 0 Å². The molecule has 1 N–H and O–H groups in total. The number of hydrogen-bond donors (Lipinski definition) is 1. The van der Waals surface area contributed by atoms with E-state index in [1.807, 2.05) is 0 Å². The van der Waals surface area contributed by atoms with Gasteiger partial charge in [-0.05, 0) is 36.3 Å². The highest BCUT2D eigenvalue weighted by atomic mass is 35.5. The van der Waals surface area contributed by atoms with E-state index in [4.69, 9.17) is 11.6 Å². The van der Waals surface area contributed by atoms with Gasteiger partial charge in [0.25, 0.3) is 0 Å². The molecule has 0 amide bonds. The summed E-state index contributed by atoms with van der Waals surface area (Å²) in [7, 11) is 0. The predicted octanol–water partition coefficient (Wildman–Crippen LogP) is 4.25. The number of phenols is 1. The summed E-state index contributed by atoms with van der Waals surface area (Å²) in [6, 6.07) is 3.14. The van der Waals surface area contributed by atoms with Gasteiger partial charge in [-0.1, -0.05) is 36.2 Å². The molecule has 0 saturated heterocycles. The third-order valence-electron chi connectivity index (χ3n) is 4.10. The SMILES string of the molecule is Oc1ccc(C2C=CC3CCCC32)c(Cl)c1F. The van der Waals surface area contributed by atoms with Gasteiger partial charge < -0.3 is 5.11 Å². The van der Waals surface area contributed by atoms with Crippen molar-refractivity contribution in [3.05, 3.63) is 40.7 Å². The van der Waals surface area contributed by atoms with Crippen LogP contribution in [0.5, 0.6) is 5.75 Å². The minimum atomic E-state index is -0.695. The van der Waals surface area contributed by atoms with E-state index in [2.05, 4.69) is 12.2 Å². The van der Waals surface area contributed by atoms with Crippen LogP contribution < -0.4 is 0 Å². The molecule has 17 heavy (non-hydrogen) atoms. The third kappa shape index (κ3) is 1.66. The molecule has 1 aromatic rings. The van der Waals surface area contributed by atoms with Crippen LogP contribution in [0, 0.1) is 17.7 Å². The monoisotopic (exact) mass is 252 g/mol. The van der Waals surface area contributed by atoms with Gasteiger partial charge in [0.15, 0.2) is 11.6 Å². The minimum absolute atomic E-state index is 0.0761. The fourth-order valence-corrected chi connectivity index (χ4v) is 3.54. The van der Waals surface area contributed by atoms with Crippen LogP contribution in [-0.4, -0.2) is 5.11 Å². The Morgan fingerprint density at radius 1 is 1.24 bits per heavy atom. The van der Waals surface area contributed by atoms with E-state index in [1.165, 1.54) is 25.3 Å². The van der Waals surface area contributed by atoms with Gasteiger partial charge >= 0.3 is 0 Å². The number of hydrogen-bond acceptors (Lipinski definition) is 1. The maximum Gasteiger partial charge on any atom is 0.183 e. The van der Waals surface area contributed by atoms with Gasteiger partial charge in [0.05, 0.1) is 5.02 Å². The van der Waals surface area contributed by atoms with Crippen LogP contribution in [0.25, 0.3) is 0 Å². The summed E-state index contributed by atoms with van der Waals surface area (Å²) in [5.74, 6) is 0.345. The molecule has 3 rings (SSSR count). The summed E-state index contributed by atoms with van der Waals surface area (Å²) in [6.45, 7) is 0. The van der Waals surface area contributed by atoms with E-state index in [1.54, 1.807) is 6.07 Å². The Hall–Kier alpha value is -1.02. The van der Waals surface area contributed by atoms with Gasteiger partial charge in [-0.3, -0.25) is 0 Å². The molecule has 2 aliphatic rings. The van der Waals surface area contributed by atoms with Crippen LogP contribution in [0.1, 0.15) is 30.7 Å². The molecule has 2 aliphatic carbocycles. The summed E-state index contributed by atoms with van der Waals surface area (Å²) in [4.78, 5) is 0. The van der Waals surface area contributed by atoms with Crippen LogP contribution in [0.2, 0.25) is 5.02 Å². The van der Waals surface area contributed by atoms with Crippen LogP contribution in [-0.2, 0) is 0 Å². The average molecular weight is 253 g/mol. The molecule has 0 radical (unpaired) electrons. The molecule has 1 fully saturated rings. The smallest absolute Gasteiger partial charge is 0.183 e. The number of halogens is 2. The Morgan fingerprint density at radius 2 is 2.06 bits per heavy atom. The van der Waals surface area contributed by atoms with E-state index in [0.717, 1.165) is 5.56 Å². The van der Waals surface area contributed by atoms with Gasteiger partial charge in [-0.15, -0.1) is 0 Å². The second-order valence-electron chi connectivity index (χ2n) is 4.97. The van der Waals surface area contributed by atoms with E-state index in [0.29, 0.717) is 11.8 Å². The van der Waals surface area contributed by atoms with Crippen LogP contribution in [0.3, 0.4) is 0 Å². The lowest BCUT2D eigenvalue weighted by Crippen LogP contribution is -2.09. The highest BCUT2D eigenvalue weighted by Gasteiger charge is 2.37. The molecule has 0 heterocycles. The van der Waals surface area contributed by atoms with Crippen molar-refractivity contribution in [3.8, 4) is 5.75 Å². The van der Waals surface area contributed by atoms with Gasteiger partial charge in [-0.2, -0.15) is 0 Å². The predicted molar refractivity (Wildman–Crippen MR) is 65.8 cm³/mol. The molecule has 0 spiro atoms. The number of allylic oxidation sites excluding steroid dienone is 2. The molecule has 0 aromatic heterocycles. The number of phenolic OH excluding ortho intramolecular Hbond substituents is 1. The lowest BCUT2D eigenvalue weighted by molar-refractivity contribution is 0.426. The number of rotatable bonds is 1. The van der Waals surface area contributed by atoms with Gasteiger partial charge in [0.2, 0.25) is 0 Å². The van der Waals surface area contributed by atoms with Crippen LogP contribution in [0.15, 0.2) is 24.3 Å². The summed E-state index contributed by atoms with van der Waals surface area (Å²) in [5, 5.41) is 9.35. The molecule has 0 bridgehead atoms. The molecular weight excluding hydrogens is 239 g/mol. The molecule has 3 atom stereocenters. The second kappa shape index (κ2) is 4.02. The molecular formula is C14H14ClFO. The van der Waals surface area contributed by atoms with Crippen LogP contribution >= 0.6 is 11.6 Å². The van der Waals surface area contributed by atoms with Crippen molar-refractivity contribution in [2.45, 2.75) is 25.2 Å². The quantitative estimate of drug-likeness (QED) is 0.741. The molecule has 3 heteroatoms. The molecule has 3 unspecified atom stereocenters. The van der Waals surface area contributed by atoms with Crippen molar-refractivity contribution in [1.29, 1.82) is 0 Å². The highest BCUT2D eigenvalue weighted by Crippen LogP contribution is 2.49. The van der Waals surface area contributed by atoms with Crippen molar-refractivity contribution in [3.63, 3.8) is 0 Å². The lowest BCUT2D eigenvalue weighted by atomic mass is 9.85. The number of fused-ring (bicyclic) bond motifs is 1. The van der Waals surface area contributed by atoms with E-state index < -0.39 is 5.82 Å². The van der Waals surface area contributed by atoms with E-state index in [9.17, 15) is 9.50 Å². The fraction of sp³-hybridized carbons (Fsp3) is 0.429. The van der Waals surface area contributed by atoms with Gasteiger partial charge in [0.1, 0.15) is 0 Å². The molecule has 1 saturated carbocycles. The third-order valence-corrected chi connectivity index (χ3v) is 4.49. The zero-order chi connectivity index (χ0) is 12.0. The number of benzene rings is 1. The van der Waals surface area contributed by atoms with Crippen molar-refractivity contribution in [2.75, 3.05) is 0 Å². The Bertz CT molecular complexity index is 483. The zero-order valence-electron chi connectivity index (χ0n) is 9.37. The van der Waals surface area contributed by atoms with Crippen molar-refractivity contribution >= 4 is 11.6 Å². The summed E-state index contributed by atoms with van der Waals surface area (Å²) < 4.78 is 13.6. The Morgan fingerprint density at radius 3 is 2.88 bits per heavy atom. The molecule has 0 aliphatic heterocycles. The summed E-state index contributed by atoms with van der Waals surface area (Å²) in [6.07, 6.45) is 8.04. The first kappa shape index (κ1) is 11.1.